The molecule has 2 heteroatoms. The van der Waals surface area contributed by atoms with Gasteiger partial charge >= 0.3 is 0 Å². The maximum Gasteiger partial charge on any atom is 0.128 e. The fourth-order valence-corrected chi connectivity index (χ4v) is 1.61. The summed E-state index contributed by atoms with van der Waals surface area (Å²) in [6.45, 7) is 2.05. The lowest BCUT2D eigenvalue weighted by molar-refractivity contribution is 0.416. The van der Waals surface area contributed by atoms with E-state index in [2.05, 4.69) is 18.0 Å². The minimum Gasteiger partial charge on any atom is -0.496 e. The lowest BCUT2D eigenvalue weighted by Gasteiger charge is -2.09. The third kappa shape index (κ3) is 1.84. The number of aryl methyl sites for hydroxylation is 1. The van der Waals surface area contributed by atoms with Gasteiger partial charge in [0.25, 0.3) is 0 Å². The van der Waals surface area contributed by atoms with Crippen molar-refractivity contribution >= 4 is 0 Å². The zero-order valence-corrected chi connectivity index (χ0v) is 8.90. The summed E-state index contributed by atoms with van der Waals surface area (Å²) in [6, 6.07) is 11.9. The lowest BCUT2D eigenvalue weighted by atomic mass is 10.1. The molecule has 1 aromatic carbocycles. The standard InChI is InChI=1S/C13H13NO/c1-10-6-5-9-14-13(10)11-7-3-4-8-12(11)15-2/h3-9H,1-2H3. The molecule has 1 heterocycles. The van der Waals surface area contributed by atoms with Crippen molar-refractivity contribution in [2.45, 2.75) is 6.92 Å². The van der Waals surface area contributed by atoms with Crippen molar-refractivity contribution in [1.29, 1.82) is 0 Å². The van der Waals surface area contributed by atoms with E-state index in [1.165, 1.54) is 0 Å². The molecular weight excluding hydrogens is 186 g/mol. The van der Waals surface area contributed by atoms with E-state index in [4.69, 9.17) is 4.74 Å². The van der Waals surface area contributed by atoms with Gasteiger partial charge in [-0.05, 0) is 30.7 Å². The Bertz CT molecular complexity index is 466. The van der Waals surface area contributed by atoms with E-state index in [1.807, 2.05) is 30.3 Å². The molecule has 2 nitrogen and oxygen atoms in total. The summed E-state index contributed by atoms with van der Waals surface area (Å²) in [6.07, 6.45) is 1.80. The van der Waals surface area contributed by atoms with Crippen molar-refractivity contribution in [3.8, 4) is 17.0 Å². The molecule has 0 saturated carbocycles. The van der Waals surface area contributed by atoms with Crippen LogP contribution in [0.4, 0.5) is 0 Å². The van der Waals surface area contributed by atoms with Crippen LogP contribution in [0.25, 0.3) is 11.3 Å². The van der Waals surface area contributed by atoms with Crippen LogP contribution in [0.3, 0.4) is 0 Å². The molecule has 2 rings (SSSR count). The van der Waals surface area contributed by atoms with E-state index in [1.54, 1.807) is 13.3 Å². The molecule has 0 aliphatic rings. The molecule has 0 atom stereocenters. The fraction of sp³-hybridized carbons (Fsp3) is 0.154. The first-order valence-electron chi connectivity index (χ1n) is 4.88. The lowest BCUT2D eigenvalue weighted by Crippen LogP contribution is -1.91. The van der Waals surface area contributed by atoms with Crippen LogP contribution in [0.1, 0.15) is 5.56 Å². The highest BCUT2D eigenvalue weighted by atomic mass is 16.5. The summed E-state index contributed by atoms with van der Waals surface area (Å²) in [5.74, 6) is 0.860. The fourth-order valence-electron chi connectivity index (χ4n) is 1.61. The summed E-state index contributed by atoms with van der Waals surface area (Å²) in [4.78, 5) is 4.38. The first-order chi connectivity index (χ1) is 7.33. The van der Waals surface area contributed by atoms with Crippen molar-refractivity contribution in [3.63, 3.8) is 0 Å². The van der Waals surface area contributed by atoms with E-state index in [9.17, 15) is 0 Å². The van der Waals surface area contributed by atoms with Gasteiger partial charge in [-0.25, -0.2) is 0 Å². The Labute approximate surface area is 89.6 Å². The third-order valence-corrected chi connectivity index (χ3v) is 2.37. The normalized spacial score (nSPS) is 10.0. The first-order valence-corrected chi connectivity index (χ1v) is 4.88. The van der Waals surface area contributed by atoms with Crippen LogP contribution in [0.15, 0.2) is 42.6 Å². The quantitative estimate of drug-likeness (QED) is 0.741. The van der Waals surface area contributed by atoms with E-state index in [-0.39, 0.29) is 0 Å². The van der Waals surface area contributed by atoms with Crippen LogP contribution in [0, 0.1) is 6.92 Å². The Morgan fingerprint density at radius 1 is 1.07 bits per heavy atom. The Morgan fingerprint density at radius 3 is 2.60 bits per heavy atom. The smallest absolute Gasteiger partial charge is 0.128 e. The van der Waals surface area contributed by atoms with Crippen molar-refractivity contribution in [2.24, 2.45) is 0 Å². The molecule has 0 aliphatic heterocycles. The number of benzene rings is 1. The molecule has 0 N–H and O–H groups in total. The van der Waals surface area contributed by atoms with Gasteiger partial charge in [0.05, 0.1) is 12.8 Å². The number of nitrogens with zero attached hydrogens (tertiary/aromatic N) is 1. The zero-order valence-electron chi connectivity index (χ0n) is 8.90. The maximum absolute atomic E-state index is 5.31. The van der Waals surface area contributed by atoms with Crippen molar-refractivity contribution in [3.05, 3.63) is 48.2 Å². The molecule has 76 valence electrons. The number of para-hydroxylation sites is 1. The largest absolute Gasteiger partial charge is 0.496 e. The van der Waals surface area contributed by atoms with Crippen LogP contribution >= 0.6 is 0 Å². The molecule has 2 aromatic rings. The van der Waals surface area contributed by atoms with E-state index >= 15 is 0 Å². The summed E-state index contributed by atoms with van der Waals surface area (Å²) in [7, 11) is 1.68. The number of hydrogen-bond donors (Lipinski definition) is 0. The number of hydrogen-bond acceptors (Lipinski definition) is 2. The van der Waals surface area contributed by atoms with Gasteiger partial charge in [0.15, 0.2) is 0 Å². The van der Waals surface area contributed by atoms with Gasteiger partial charge in [0.2, 0.25) is 0 Å². The van der Waals surface area contributed by atoms with Gasteiger partial charge in [-0.3, -0.25) is 4.98 Å². The number of aromatic nitrogens is 1. The van der Waals surface area contributed by atoms with Crippen molar-refractivity contribution in [2.75, 3.05) is 7.11 Å². The van der Waals surface area contributed by atoms with Gasteiger partial charge < -0.3 is 4.74 Å². The molecule has 1 aromatic heterocycles. The minimum atomic E-state index is 0.860. The van der Waals surface area contributed by atoms with Crippen molar-refractivity contribution < 1.29 is 4.74 Å². The number of ether oxygens (including phenoxy) is 1. The summed E-state index contributed by atoms with van der Waals surface area (Å²) >= 11 is 0. The van der Waals surface area contributed by atoms with Gasteiger partial charge in [0.1, 0.15) is 5.75 Å². The SMILES string of the molecule is COc1ccccc1-c1ncccc1C. The van der Waals surface area contributed by atoms with Crippen molar-refractivity contribution in [1.82, 2.24) is 4.98 Å². The van der Waals surface area contributed by atoms with Crippen LogP contribution in [-0.2, 0) is 0 Å². The highest BCUT2D eigenvalue weighted by Gasteiger charge is 2.07. The third-order valence-electron chi connectivity index (χ3n) is 2.37. The van der Waals surface area contributed by atoms with Gasteiger partial charge in [-0.15, -0.1) is 0 Å². The van der Waals surface area contributed by atoms with Crippen LogP contribution in [-0.4, -0.2) is 12.1 Å². The Kier molecular flexibility index (Phi) is 2.68. The summed E-state index contributed by atoms with van der Waals surface area (Å²) < 4.78 is 5.31. The first kappa shape index (κ1) is 9.71. The number of rotatable bonds is 2. The maximum atomic E-state index is 5.31. The second-order valence-corrected chi connectivity index (χ2v) is 3.37. The van der Waals surface area contributed by atoms with E-state index < -0.39 is 0 Å². The number of pyridine rings is 1. The Hall–Kier alpha value is -1.83. The highest BCUT2D eigenvalue weighted by Crippen LogP contribution is 2.29. The van der Waals surface area contributed by atoms with Crippen LogP contribution in [0.2, 0.25) is 0 Å². The average Bonchev–Trinajstić information content (AvgIpc) is 2.30. The van der Waals surface area contributed by atoms with E-state index in [0.717, 1.165) is 22.6 Å². The van der Waals surface area contributed by atoms with Crippen LogP contribution < -0.4 is 4.74 Å². The zero-order chi connectivity index (χ0) is 10.7. The topological polar surface area (TPSA) is 22.1 Å². The molecule has 0 amide bonds. The van der Waals surface area contributed by atoms with Gasteiger partial charge in [-0.1, -0.05) is 18.2 Å². The molecule has 0 fully saturated rings. The predicted molar refractivity (Wildman–Crippen MR) is 61.0 cm³/mol. The van der Waals surface area contributed by atoms with Gasteiger partial charge in [-0.2, -0.15) is 0 Å². The molecule has 0 bridgehead atoms. The van der Waals surface area contributed by atoms with Crippen LogP contribution in [0.5, 0.6) is 5.75 Å². The summed E-state index contributed by atoms with van der Waals surface area (Å²) in [5, 5.41) is 0. The minimum absolute atomic E-state index is 0.860. The molecule has 0 aliphatic carbocycles. The molecule has 0 spiro atoms. The Morgan fingerprint density at radius 2 is 1.87 bits per heavy atom. The molecule has 0 unspecified atom stereocenters. The molecule has 15 heavy (non-hydrogen) atoms. The second-order valence-electron chi connectivity index (χ2n) is 3.37. The highest BCUT2D eigenvalue weighted by molar-refractivity contribution is 5.69. The van der Waals surface area contributed by atoms with Gasteiger partial charge in [0, 0.05) is 11.8 Å². The molecule has 0 radical (unpaired) electrons. The summed E-state index contributed by atoms with van der Waals surface area (Å²) in [5.41, 5.74) is 3.18. The number of methoxy groups -OCH3 is 1. The van der Waals surface area contributed by atoms with E-state index in [0.29, 0.717) is 0 Å². The Balaban J connectivity index is 2.59. The molecule has 0 saturated heterocycles. The predicted octanol–water partition coefficient (Wildman–Crippen LogP) is 3.07. The monoisotopic (exact) mass is 199 g/mol. The second kappa shape index (κ2) is 4.13. The average molecular weight is 199 g/mol. The molecular formula is C13H13NO.